The first-order valence-corrected chi connectivity index (χ1v) is 14.5. The van der Waals surface area contributed by atoms with Crippen LogP contribution in [0.2, 0.25) is 0 Å². The van der Waals surface area contributed by atoms with Crippen molar-refractivity contribution in [3.05, 3.63) is 41.0 Å². The number of benzene rings is 1. The van der Waals surface area contributed by atoms with Gasteiger partial charge in [0, 0.05) is 29.3 Å². The predicted molar refractivity (Wildman–Crippen MR) is 144 cm³/mol. The van der Waals surface area contributed by atoms with Crippen molar-refractivity contribution >= 4 is 22.3 Å². The lowest BCUT2D eigenvalue weighted by molar-refractivity contribution is -0.134. The SMILES string of the molecule is CCCCCCCCCCC(=O)Oc1ccc(-c2cn3c(C(C)CCCCC)csc3n2)c(F)c1F. The molecule has 7 heteroatoms. The number of halogens is 2. The molecule has 198 valence electrons. The summed E-state index contributed by atoms with van der Waals surface area (Å²) < 4.78 is 36.9. The Balaban J connectivity index is 1.58. The smallest absolute Gasteiger partial charge is 0.311 e. The number of aromatic nitrogens is 2. The van der Waals surface area contributed by atoms with Crippen LogP contribution in [0.15, 0.2) is 23.7 Å². The highest BCUT2D eigenvalue weighted by Gasteiger charge is 2.21. The summed E-state index contributed by atoms with van der Waals surface area (Å²) in [5.41, 5.74) is 1.57. The number of carbonyl (C=O) groups is 1. The maximum Gasteiger partial charge on any atom is 0.311 e. The van der Waals surface area contributed by atoms with Gasteiger partial charge in [-0.1, -0.05) is 85.0 Å². The molecule has 36 heavy (non-hydrogen) atoms. The van der Waals surface area contributed by atoms with E-state index in [-0.39, 0.29) is 17.7 Å². The Morgan fingerprint density at radius 2 is 1.64 bits per heavy atom. The van der Waals surface area contributed by atoms with E-state index >= 15 is 0 Å². The van der Waals surface area contributed by atoms with Gasteiger partial charge in [0.2, 0.25) is 5.82 Å². The predicted octanol–water partition coefficient (Wildman–Crippen LogP) is 9.46. The van der Waals surface area contributed by atoms with Crippen LogP contribution in [0, 0.1) is 11.6 Å². The molecule has 3 rings (SSSR count). The van der Waals surface area contributed by atoms with E-state index in [2.05, 4.69) is 31.1 Å². The van der Waals surface area contributed by atoms with Crippen molar-refractivity contribution in [3.8, 4) is 17.0 Å². The van der Waals surface area contributed by atoms with Crippen LogP contribution in [0.3, 0.4) is 0 Å². The van der Waals surface area contributed by atoms with E-state index in [1.54, 1.807) is 6.20 Å². The minimum absolute atomic E-state index is 0.0656. The summed E-state index contributed by atoms with van der Waals surface area (Å²) in [5, 5.41) is 2.09. The molecular formula is C29H40F2N2O2S. The third kappa shape index (κ3) is 7.61. The van der Waals surface area contributed by atoms with Crippen molar-refractivity contribution in [2.45, 2.75) is 110 Å². The number of unbranched alkanes of at least 4 members (excludes halogenated alkanes) is 9. The van der Waals surface area contributed by atoms with E-state index in [0.717, 1.165) is 36.3 Å². The van der Waals surface area contributed by atoms with E-state index in [0.29, 0.717) is 18.0 Å². The fourth-order valence-electron chi connectivity index (χ4n) is 4.52. The number of hydrogen-bond donors (Lipinski definition) is 0. The molecule has 2 heterocycles. The van der Waals surface area contributed by atoms with Crippen LogP contribution in [0.4, 0.5) is 8.78 Å². The van der Waals surface area contributed by atoms with Gasteiger partial charge in [0.25, 0.3) is 0 Å². The standard InChI is InChI=1S/C29H40F2N2O2S/c1-4-6-8-9-10-11-12-14-16-26(34)35-25-18-17-22(27(30)28(25)31)23-19-33-24(20-36-29(33)32-23)21(3)15-13-7-5-2/h17-21H,4-16H2,1-3H3. The molecule has 2 aromatic heterocycles. The highest BCUT2D eigenvalue weighted by Crippen LogP contribution is 2.33. The van der Waals surface area contributed by atoms with Gasteiger partial charge < -0.3 is 4.74 Å². The highest BCUT2D eigenvalue weighted by molar-refractivity contribution is 7.15. The number of hydrogen-bond acceptors (Lipinski definition) is 4. The van der Waals surface area contributed by atoms with Crippen molar-refractivity contribution in [1.82, 2.24) is 9.38 Å². The maximum absolute atomic E-state index is 15.0. The lowest BCUT2D eigenvalue weighted by Gasteiger charge is -2.10. The van der Waals surface area contributed by atoms with Gasteiger partial charge >= 0.3 is 5.97 Å². The second-order valence-corrected chi connectivity index (χ2v) is 10.6. The first kappa shape index (κ1) is 28.3. The van der Waals surface area contributed by atoms with Gasteiger partial charge in [0.1, 0.15) is 0 Å². The van der Waals surface area contributed by atoms with Crippen molar-refractivity contribution in [1.29, 1.82) is 0 Å². The van der Waals surface area contributed by atoms with Crippen molar-refractivity contribution in [2.24, 2.45) is 0 Å². The van der Waals surface area contributed by atoms with Crippen LogP contribution in [0.25, 0.3) is 16.2 Å². The molecule has 0 saturated carbocycles. The molecule has 0 spiro atoms. The molecule has 1 atom stereocenters. The number of thiazole rings is 1. The number of fused-ring (bicyclic) bond motifs is 1. The van der Waals surface area contributed by atoms with Crippen molar-refractivity contribution in [3.63, 3.8) is 0 Å². The Kier molecular flexibility index (Phi) is 11.4. The topological polar surface area (TPSA) is 43.6 Å². The Hall–Kier alpha value is -2.28. The molecule has 1 unspecified atom stereocenters. The molecule has 0 bridgehead atoms. The summed E-state index contributed by atoms with van der Waals surface area (Å²) >= 11 is 1.50. The van der Waals surface area contributed by atoms with Crippen LogP contribution in [-0.4, -0.2) is 15.4 Å². The van der Waals surface area contributed by atoms with Gasteiger partial charge in [0.15, 0.2) is 16.5 Å². The highest BCUT2D eigenvalue weighted by atomic mass is 32.1. The third-order valence-electron chi connectivity index (χ3n) is 6.76. The molecule has 3 aromatic rings. The molecular weight excluding hydrogens is 478 g/mol. The summed E-state index contributed by atoms with van der Waals surface area (Å²) in [5.74, 6) is -2.74. The largest absolute Gasteiger partial charge is 0.423 e. The lowest BCUT2D eigenvalue weighted by atomic mass is 10.0. The van der Waals surface area contributed by atoms with E-state index in [1.165, 1.54) is 68.4 Å². The van der Waals surface area contributed by atoms with Crippen LogP contribution in [0.5, 0.6) is 5.75 Å². The molecule has 0 fully saturated rings. The van der Waals surface area contributed by atoms with Gasteiger partial charge in [-0.15, -0.1) is 11.3 Å². The van der Waals surface area contributed by atoms with Gasteiger partial charge in [-0.05, 0) is 30.9 Å². The summed E-state index contributed by atoms with van der Waals surface area (Å²) in [6.45, 7) is 6.57. The molecule has 0 aliphatic heterocycles. The molecule has 0 radical (unpaired) electrons. The zero-order chi connectivity index (χ0) is 25.9. The van der Waals surface area contributed by atoms with E-state index in [4.69, 9.17) is 4.74 Å². The zero-order valence-electron chi connectivity index (χ0n) is 22.0. The quantitative estimate of drug-likeness (QED) is 0.108. The first-order chi connectivity index (χ1) is 17.5. The molecule has 1 aromatic carbocycles. The average molecular weight is 519 g/mol. The Bertz CT molecular complexity index is 1110. The summed E-state index contributed by atoms with van der Waals surface area (Å²) in [4.78, 5) is 17.4. The molecule has 0 aliphatic rings. The normalized spacial score (nSPS) is 12.4. The number of esters is 1. The summed E-state index contributed by atoms with van der Waals surface area (Å²) in [6, 6.07) is 2.76. The number of ether oxygens (including phenoxy) is 1. The lowest BCUT2D eigenvalue weighted by Crippen LogP contribution is -2.09. The number of carbonyl (C=O) groups excluding carboxylic acids is 1. The van der Waals surface area contributed by atoms with Crippen LogP contribution in [-0.2, 0) is 4.79 Å². The fourth-order valence-corrected chi connectivity index (χ4v) is 5.51. The molecule has 4 nitrogen and oxygen atoms in total. The minimum Gasteiger partial charge on any atom is -0.423 e. The van der Waals surface area contributed by atoms with E-state index in [1.807, 2.05) is 4.40 Å². The van der Waals surface area contributed by atoms with E-state index < -0.39 is 17.6 Å². The fraction of sp³-hybridized carbons (Fsp3) is 0.586. The van der Waals surface area contributed by atoms with E-state index in [9.17, 15) is 13.6 Å². The molecule has 0 saturated heterocycles. The second-order valence-electron chi connectivity index (χ2n) is 9.77. The monoisotopic (exact) mass is 518 g/mol. The minimum atomic E-state index is -1.15. The van der Waals surface area contributed by atoms with Crippen molar-refractivity contribution < 1.29 is 18.3 Å². The Labute approximate surface area is 218 Å². The Morgan fingerprint density at radius 1 is 0.972 bits per heavy atom. The zero-order valence-corrected chi connectivity index (χ0v) is 22.8. The maximum atomic E-state index is 15.0. The number of imidazole rings is 1. The summed E-state index contributed by atoms with van der Waals surface area (Å²) in [7, 11) is 0. The van der Waals surface area contributed by atoms with Crippen LogP contribution >= 0.6 is 11.3 Å². The van der Waals surface area contributed by atoms with Crippen molar-refractivity contribution in [2.75, 3.05) is 0 Å². The number of nitrogens with zero attached hydrogens (tertiary/aromatic N) is 2. The molecule has 0 N–H and O–H groups in total. The first-order valence-electron chi connectivity index (χ1n) is 13.6. The van der Waals surface area contributed by atoms with Gasteiger partial charge in [-0.3, -0.25) is 9.20 Å². The second kappa shape index (κ2) is 14.5. The van der Waals surface area contributed by atoms with Crippen LogP contribution in [0.1, 0.15) is 116 Å². The number of rotatable bonds is 16. The van der Waals surface area contributed by atoms with Gasteiger partial charge in [-0.25, -0.2) is 9.37 Å². The summed E-state index contributed by atoms with van der Waals surface area (Å²) in [6.07, 6.45) is 15.4. The molecule has 0 aliphatic carbocycles. The average Bonchev–Trinajstić information content (AvgIpc) is 3.45. The van der Waals surface area contributed by atoms with Gasteiger partial charge in [0.05, 0.1) is 5.69 Å². The Morgan fingerprint density at radius 3 is 2.36 bits per heavy atom. The van der Waals surface area contributed by atoms with Gasteiger partial charge in [-0.2, -0.15) is 4.39 Å². The third-order valence-corrected chi connectivity index (χ3v) is 7.62. The van der Waals surface area contributed by atoms with Crippen LogP contribution < -0.4 is 4.74 Å². The molecule has 0 amide bonds.